The first kappa shape index (κ1) is 19.3. The molecule has 28 heavy (non-hydrogen) atoms. The summed E-state index contributed by atoms with van der Waals surface area (Å²) < 4.78 is 1.74. The molecule has 1 saturated heterocycles. The number of likely N-dealkylation sites (tertiary alicyclic amines) is 1. The first-order valence-electron chi connectivity index (χ1n) is 9.97. The Hall–Kier alpha value is -2.02. The largest absolute Gasteiger partial charge is 0.303 e. The Morgan fingerprint density at radius 1 is 1.25 bits per heavy atom. The molecule has 2 aromatic heterocycles. The molecule has 0 saturated carbocycles. The summed E-state index contributed by atoms with van der Waals surface area (Å²) in [6, 6.07) is 10.1. The number of halogens is 1. The van der Waals surface area contributed by atoms with E-state index < -0.39 is 0 Å². The van der Waals surface area contributed by atoms with Gasteiger partial charge < -0.3 is 4.90 Å². The summed E-state index contributed by atoms with van der Waals surface area (Å²) in [5.41, 5.74) is 1.36. The highest BCUT2D eigenvalue weighted by Crippen LogP contribution is 2.19. The van der Waals surface area contributed by atoms with E-state index in [4.69, 9.17) is 11.6 Å². The Morgan fingerprint density at radius 3 is 2.93 bits per heavy atom. The molecule has 0 unspecified atom stereocenters. The van der Waals surface area contributed by atoms with Crippen LogP contribution in [0.5, 0.6) is 0 Å². The highest BCUT2D eigenvalue weighted by atomic mass is 35.5. The van der Waals surface area contributed by atoms with Gasteiger partial charge in [-0.2, -0.15) is 4.98 Å². The summed E-state index contributed by atoms with van der Waals surface area (Å²) in [4.78, 5) is 13.7. The van der Waals surface area contributed by atoms with Crippen LogP contribution >= 0.6 is 11.6 Å². The average molecular weight is 399 g/mol. The Labute approximate surface area is 171 Å². The number of aromatic nitrogens is 4. The summed E-state index contributed by atoms with van der Waals surface area (Å²) in [6.07, 6.45) is 7.28. The molecule has 6 nitrogen and oxygen atoms in total. The number of piperidine rings is 1. The lowest BCUT2D eigenvalue weighted by Crippen LogP contribution is -2.40. The number of hydrogen-bond acceptors (Lipinski definition) is 5. The van der Waals surface area contributed by atoms with Crippen molar-refractivity contribution in [1.82, 2.24) is 29.4 Å². The fourth-order valence-corrected chi connectivity index (χ4v) is 4.16. The van der Waals surface area contributed by atoms with E-state index in [1.165, 1.54) is 24.9 Å². The van der Waals surface area contributed by atoms with E-state index in [2.05, 4.69) is 44.0 Å². The van der Waals surface area contributed by atoms with Gasteiger partial charge in [0.1, 0.15) is 0 Å². The van der Waals surface area contributed by atoms with Crippen molar-refractivity contribution in [3.05, 3.63) is 59.1 Å². The normalized spacial score (nSPS) is 18.2. The van der Waals surface area contributed by atoms with Crippen LogP contribution in [0.15, 0.2) is 42.7 Å². The van der Waals surface area contributed by atoms with E-state index in [9.17, 15) is 0 Å². The van der Waals surface area contributed by atoms with Crippen LogP contribution in [-0.4, -0.2) is 62.6 Å². The van der Waals surface area contributed by atoms with E-state index in [0.29, 0.717) is 11.7 Å². The maximum Gasteiger partial charge on any atom is 0.252 e. The molecular formula is C21H27ClN6. The molecule has 0 radical (unpaired) electrons. The van der Waals surface area contributed by atoms with Crippen LogP contribution in [0, 0.1) is 5.92 Å². The molecule has 4 rings (SSSR count). The molecule has 1 aromatic carbocycles. The topological polar surface area (TPSA) is 49.6 Å². The third kappa shape index (κ3) is 5.07. The smallest absolute Gasteiger partial charge is 0.252 e. The molecule has 7 heteroatoms. The Balaban J connectivity index is 1.26. The summed E-state index contributed by atoms with van der Waals surface area (Å²) in [5.74, 6) is 2.19. The van der Waals surface area contributed by atoms with E-state index in [1.54, 1.807) is 10.7 Å². The molecule has 3 heterocycles. The Morgan fingerprint density at radius 2 is 2.11 bits per heavy atom. The van der Waals surface area contributed by atoms with Crippen molar-refractivity contribution in [3.8, 4) is 0 Å². The van der Waals surface area contributed by atoms with Crippen LogP contribution in [0.2, 0.25) is 5.02 Å². The monoisotopic (exact) mass is 398 g/mol. The maximum absolute atomic E-state index is 5.98. The van der Waals surface area contributed by atoms with Gasteiger partial charge in [0.05, 0.1) is 6.54 Å². The minimum atomic E-state index is 0.664. The van der Waals surface area contributed by atoms with Crippen molar-refractivity contribution in [3.63, 3.8) is 0 Å². The summed E-state index contributed by atoms with van der Waals surface area (Å²) in [6.45, 7) is 5.30. The number of fused-ring (bicyclic) bond motifs is 1. The minimum absolute atomic E-state index is 0.664. The second-order valence-electron chi connectivity index (χ2n) is 7.77. The summed E-state index contributed by atoms with van der Waals surface area (Å²) >= 11 is 5.98. The molecule has 0 bridgehead atoms. The Kier molecular flexibility index (Phi) is 6.20. The van der Waals surface area contributed by atoms with Gasteiger partial charge in [0.25, 0.3) is 5.78 Å². The van der Waals surface area contributed by atoms with Gasteiger partial charge in [-0.3, -0.25) is 4.90 Å². The van der Waals surface area contributed by atoms with Crippen molar-refractivity contribution in [2.24, 2.45) is 5.92 Å². The highest BCUT2D eigenvalue weighted by Gasteiger charge is 2.21. The number of hydrogen-bond donors (Lipinski definition) is 0. The van der Waals surface area contributed by atoms with Gasteiger partial charge in [0.15, 0.2) is 5.82 Å². The molecule has 3 aromatic rings. The molecule has 148 valence electrons. The van der Waals surface area contributed by atoms with Gasteiger partial charge in [-0.05, 0) is 62.5 Å². The van der Waals surface area contributed by atoms with Gasteiger partial charge in [-0.1, -0.05) is 23.7 Å². The molecule has 0 N–H and O–H groups in total. The zero-order chi connectivity index (χ0) is 19.3. The maximum atomic E-state index is 5.98. The highest BCUT2D eigenvalue weighted by molar-refractivity contribution is 6.30. The zero-order valence-electron chi connectivity index (χ0n) is 16.3. The van der Waals surface area contributed by atoms with Gasteiger partial charge >= 0.3 is 0 Å². The second kappa shape index (κ2) is 8.99. The number of rotatable bonds is 7. The quantitative estimate of drug-likeness (QED) is 0.611. The van der Waals surface area contributed by atoms with E-state index >= 15 is 0 Å². The van der Waals surface area contributed by atoms with Crippen LogP contribution < -0.4 is 0 Å². The zero-order valence-corrected chi connectivity index (χ0v) is 17.1. The predicted molar refractivity (Wildman–Crippen MR) is 111 cm³/mol. The minimum Gasteiger partial charge on any atom is -0.303 e. The molecule has 1 aliphatic heterocycles. The van der Waals surface area contributed by atoms with Crippen molar-refractivity contribution < 1.29 is 0 Å². The van der Waals surface area contributed by atoms with Crippen LogP contribution in [0.25, 0.3) is 5.78 Å². The lowest BCUT2D eigenvalue weighted by Gasteiger charge is -2.34. The molecule has 0 amide bonds. The van der Waals surface area contributed by atoms with E-state index in [0.717, 1.165) is 43.4 Å². The van der Waals surface area contributed by atoms with Crippen molar-refractivity contribution in [2.45, 2.75) is 25.8 Å². The second-order valence-corrected chi connectivity index (χ2v) is 8.21. The molecule has 1 atom stereocenters. The number of benzene rings is 1. The third-order valence-electron chi connectivity index (χ3n) is 5.37. The predicted octanol–water partition coefficient (Wildman–Crippen LogP) is 3.16. The molecule has 0 aliphatic carbocycles. The summed E-state index contributed by atoms with van der Waals surface area (Å²) in [7, 11) is 2.16. The lowest BCUT2D eigenvalue weighted by molar-refractivity contribution is 0.141. The van der Waals surface area contributed by atoms with Crippen LogP contribution in [0.4, 0.5) is 0 Å². The first-order valence-corrected chi connectivity index (χ1v) is 10.3. The van der Waals surface area contributed by atoms with E-state index in [-0.39, 0.29) is 0 Å². The molecule has 1 fully saturated rings. The van der Waals surface area contributed by atoms with Gasteiger partial charge in [0, 0.05) is 37.1 Å². The molecule has 0 spiro atoms. The van der Waals surface area contributed by atoms with Crippen molar-refractivity contribution in [1.29, 1.82) is 0 Å². The lowest BCUT2D eigenvalue weighted by atomic mass is 9.97. The molecular weight excluding hydrogens is 372 g/mol. The van der Waals surface area contributed by atoms with Crippen molar-refractivity contribution >= 4 is 17.4 Å². The standard InChI is InChI=1S/C21H27ClN6/c1-26(16-20-24-21-23-10-3-12-28(21)25-20)14-18-4-2-11-27(15-18)13-9-17-5-7-19(22)8-6-17/h3,5-8,10,12,18H,2,4,9,11,13-16H2,1H3/t18-/m0/s1. The number of nitrogens with zero attached hydrogens (tertiary/aromatic N) is 6. The summed E-state index contributed by atoms with van der Waals surface area (Å²) in [5, 5.41) is 5.32. The fraction of sp³-hybridized carbons (Fsp3) is 0.476. The van der Waals surface area contributed by atoms with Gasteiger partial charge in [-0.15, -0.1) is 5.10 Å². The van der Waals surface area contributed by atoms with Gasteiger partial charge in [-0.25, -0.2) is 9.50 Å². The first-order chi connectivity index (χ1) is 13.7. The third-order valence-corrected chi connectivity index (χ3v) is 5.63. The van der Waals surface area contributed by atoms with Crippen LogP contribution in [0.3, 0.4) is 0 Å². The molecule has 1 aliphatic rings. The average Bonchev–Trinajstić information content (AvgIpc) is 3.10. The van der Waals surface area contributed by atoms with Crippen molar-refractivity contribution in [2.75, 3.05) is 33.2 Å². The SMILES string of the molecule is CN(Cc1nc2ncccn2n1)C[C@@H]1CCCN(CCc2ccc(Cl)cc2)C1. The van der Waals surface area contributed by atoms with Gasteiger partial charge in [0.2, 0.25) is 0 Å². The fourth-order valence-electron chi connectivity index (χ4n) is 4.03. The van der Waals surface area contributed by atoms with Crippen LogP contribution in [-0.2, 0) is 13.0 Å². The van der Waals surface area contributed by atoms with Crippen LogP contribution in [0.1, 0.15) is 24.2 Å². The Bertz CT molecular complexity index is 860. The van der Waals surface area contributed by atoms with E-state index in [1.807, 2.05) is 24.4 Å².